The van der Waals surface area contributed by atoms with Crippen molar-refractivity contribution in [2.75, 3.05) is 26.2 Å². The van der Waals surface area contributed by atoms with Gasteiger partial charge in [0, 0.05) is 32.7 Å². The van der Waals surface area contributed by atoms with Gasteiger partial charge in [-0.3, -0.25) is 9.69 Å². The molecule has 1 aromatic carbocycles. The van der Waals surface area contributed by atoms with E-state index in [-0.39, 0.29) is 17.8 Å². The minimum absolute atomic E-state index is 0.0345. The minimum Gasteiger partial charge on any atom is -0.355 e. The molecule has 20 heavy (non-hydrogen) atoms. The van der Waals surface area contributed by atoms with Crippen LogP contribution in [0.4, 0.5) is 4.39 Å². The van der Waals surface area contributed by atoms with Crippen LogP contribution >= 0.6 is 0 Å². The predicted molar refractivity (Wildman–Crippen MR) is 76.9 cm³/mol. The Morgan fingerprint density at radius 3 is 3.05 bits per heavy atom. The molecule has 0 aliphatic carbocycles. The number of piperazine rings is 1. The molecule has 0 radical (unpaired) electrons. The third-order valence-corrected chi connectivity index (χ3v) is 3.63. The Morgan fingerprint density at radius 1 is 1.55 bits per heavy atom. The molecule has 1 atom stereocenters. The van der Waals surface area contributed by atoms with Gasteiger partial charge >= 0.3 is 0 Å². The first kappa shape index (κ1) is 14.9. The van der Waals surface area contributed by atoms with Crippen molar-refractivity contribution in [3.05, 3.63) is 35.1 Å². The van der Waals surface area contributed by atoms with Gasteiger partial charge in [-0.1, -0.05) is 12.1 Å². The van der Waals surface area contributed by atoms with E-state index in [1.165, 1.54) is 0 Å². The van der Waals surface area contributed by atoms with Crippen LogP contribution in [0.15, 0.2) is 18.2 Å². The number of rotatable bonds is 4. The highest BCUT2D eigenvalue weighted by Crippen LogP contribution is 2.14. The fourth-order valence-electron chi connectivity index (χ4n) is 2.46. The van der Waals surface area contributed by atoms with Crippen LogP contribution in [0.5, 0.6) is 0 Å². The van der Waals surface area contributed by atoms with Gasteiger partial charge in [0.05, 0.1) is 0 Å². The van der Waals surface area contributed by atoms with Gasteiger partial charge < -0.3 is 10.6 Å². The molecule has 0 saturated carbocycles. The number of amides is 1. The fourth-order valence-corrected chi connectivity index (χ4v) is 2.46. The monoisotopic (exact) mass is 279 g/mol. The standard InChI is InChI=1S/C15H22FN3O/c1-3-18-15(20)14-9-17-6-7-19(14)10-12-5-4-11(2)13(16)8-12/h4-5,8,14,17H,3,6-7,9-10H2,1-2H3,(H,18,20). The molecule has 0 aromatic heterocycles. The quantitative estimate of drug-likeness (QED) is 0.866. The zero-order valence-corrected chi connectivity index (χ0v) is 12.1. The molecule has 110 valence electrons. The summed E-state index contributed by atoms with van der Waals surface area (Å²) in [6.45, 7) is 7.17. The van der Waals surface area contributed by atoms with Gasteiger partial charge in [0.25, 0.3) is 0 Å². The molecule has 0 spiro atoms. The van der Waals surface area contributed by atoms with Crippen molar-refractivity contribution in [2.45, 2.75) is 26.4 Å². The van der Waals surface area contributed by atoms with E-state index in [0.717, 1.165) is 18.7 Å². The van der Waals surface area contributed by atoms with Gasteiger partial charge in [-0.15, -0.1) is 0 Å². The Morgan fingerprint density at radius 2 is 2.35 bits per heavy atom. The maximum absolute atomic E-state index is 13.6. The lowest BCUT2D eigenvalue weighted by Crippen LogP contribution is -2.57. The maximum Gasteiger partial charge on any atom is 0.238 e. The van der Waals surface area contributed by atoms with Gasteiger partial charge in [-0.05, 0) is 31.0 Å². The van der Waals surface area contributed by atoms with E-state index in [9.17, 15) is 9.18 Å². The molecule has 1 saturated heterocycles. The molecule has 1 amide bonds. The van der Waals surface area contributed by atoms with Crippen LogP contribution in [0, 0.1) is 12.7 Å². The van der Waals surface area contributed by atoms with Crippen molar-refractivity contribution in [2.24, 2.45) is 0 Å². The summed E-state index contributed by atoms with van der Waals surface area (Å²) < 4.78 is 13.6. The van der Waals surface area contributed by atoms with Crippen molar-refractivity contribution < 1.29 is 9.18 Å². The zero-order chi connectivity index (χ0) is 14.5. The summed E-state index contributed by atoms with van der Waals surface area (Å²) in [5, 5.41) is 6.09. The summed E-state index contributed by atoms with van der Waals surface area (Å²) in [6, 6.07) is 5.09. The fraction of sp³-hybridized carbons (Fsp3) is 0.533. The van der Waals surface area contributed by atoms with Gasteiger partial charge in [0.15, 0.2) is 0 Å². The van der Waals surface area contributed by atoms with Crippen LogP contribution in [0.1, 0.15) is 18.1 Å². The van der Waals surface area contributed by atoms with Crippen molar-refractivity contribution in [3.8, 4) is 0 Å². The number of nitrogens with one attached hydrogen (secondary N) is 2. The number of hydrogen-bond donors (Lipinski definition) is 2. The molecule has 2 N–H and O–H groups in total. The predicted octanol–water partition coefficient (Wildman–Crippen LogP) is 1.04. The highest BCUT2D eigenvalue weighted by molar-refractivity contribution is 5.82. The molecule has 1 aromatic rings. The molecule has 1 aliphatic heterocycles. The van der Waals surface area contributed by atoms with Crippen molar-refractivity contribution in [1.82, 2.24) is 15.5 Å². The SMILES string of the molecule is CCNC(=O)C1CNCCN1Cc1ccc(C)c(F)c1. The molecule has 0 bridgehead atoms. The van der Waals surface area contributed by atoms with Crippen molar-refractivity contribution in [3.63, 3.8) is 0 Å². The van der Waals surface area contributed by atoms with Crippen molar-refractivity contribution in [1.29, 1.82) is 0 Å². The summed E-state index contributed by atoms with van der Waals surface area (Å²) in [5.74, 6) is -0.153. The summed E-state index contributed by atoms with van der Waals surface area (Å²) in [6.07, 6.45) is 0. The molecule has 1 fully saturated rings. The average Bonchev–Trinajstić information content (AvgIpc) is 2.44. The number of likely N-dealkylation sites (N-methyl/N-ethyl adjacent to an activating group) is 1. The van der Waals surface area contributed by atoms with Gasteiger partial charge in [-0.2, -0.15) is 0 Å². The Labute approximate surface area is 119 Å². The number of halogens is 1. The lowest BCUT2D eigenvalue weighted by Gasteiger charge is -2.35. The highest BCUT2D eigenvalue weighted by atomic mass is 19.1. The largest absolute Gasteiger partial charge is 0.355 e. The van der Waals surface area contributed by atoms with E-state index in [1.807, 2.05) is 13.0 Å². The first-order chi connectivity index (χ1) is 9.61. The van der Waals surface area contributed by atoms with E-state index in [4.69, 9.17) is 0 Å². The molecular formula is C15H22FN3O. The van der Waals surface area contributed by atoms with Crippen molar-refractivity contribution >= 4 is 5.91 Å². The topological polar surface area (TPSA) is 44.4 Å². The first-order valence-electron chi connectivity index (χ1n) is 7.09. The second kappa shape index (κ2) is 6.81. The first-order valence-corrected chi connectivity index (χ1v) is 7.09. The smallest absolute Gasteiger partial charge is 0.238 e. The Hall–Kier alpha value is -1.46. The third-order valence-electron chi connectivity index (χ3n) is 3.63. The molecule has 1 aliphatic rings. The van der Waals surface area contributed by atoms with Gasteiger partial charge in [-0.25, -0.2) is 4.39 Å². The Bertz CT molecular complexity index is 478. The Balaban J connectivity index is 2.08. The van der Waals surface area contributed by atoms with Crippen LogP contribution in [0.3, 0.4) is 0 Å². The number of benzene rings is 1. The second-order valence-electron chi connectivity index (χ2n) is 5.17. The molecule has 4 nitrogen and oxygen atoms in total. The third kappa shape index (κ3) is 3.55. The number of aryl methyl sites for hydroxylation is 1. The summed E-state index contributed by atoms with van der Waals surface area (Å²) >= 11 is 0. The van der Waals surface area contributed by atoms with Crippen LogP contribution < -0.4 is 10.6 Å². The highest BCUT2D eigenvalue weighted by Gasteiger charge is 2.28. The summed E-state index contributed by atoms with van der Waals surface area (Å²) in [7, 11) is 0. The molecular weight excluding hydrogens is 257 g/mol. The van der Waals surface area contributed by atoms with Crippen LogP contribution in [-0.2, 0) is 11.3 Å². The molecule has 5 heteroatoms. The van der Waals surface area contributed by atoms with E-state index in [2.05, 4.69) is 15.5 Å². The summed E-state index contributed by atoms with van der Waals surface area (Å²) in [4.78, 5) is 14.2. The van der Waals surface area contributed by atoms with E-state index < -0.39 is 0 Å². The van der Waals surface area contributed by atoms with E-state index in [0.29, 0.717) is 25.2 Å². The summed E-state index contributed by atoms with van der Waals surface area (Å²) in [5.41, 5.74) is 1.55. The molecule has 1 unspecified atom stereocenters. The van der Waals surface area contributed by atoms with E-state index in [1.54, 1.807) is 19.1 Å². The molecule has 1 heterocycles. The average molecular weight is 279 g/mol. The minimum atomic E-state index is -0.188. The molecule has 2 rings (SSSR count). The normalized spacial score (nSPS) is 19.9. The zero-order valence-electron chi connectivity index (χ0n) is 12.1. The van der Waals surface area contributed by atoms with Gasteiger partial charge in [0.2, 0.25) is 5.91 Å². The number of nitrogens with zero attached hydrogens (tertiary/aromatic N) is 1. The van der Waals surface area contributed by atoms with E-state index >= 15 is 0 Å². The lowest BCUT2D eigenvalue weighted by atomic mass is 10.1. The number of carbonyl (C=O) groups excluding carboxylic acids is 1. The lowest BCUT2D eigenvalue weighted by molar-refractivity contribution is -0.127. The Kier molecular flexibility index (Phi) is 5.09. The number of hydrogen-bond acceptors (Lipinski definition) is 3. The maximum atomic E-state index is 13.6. The second-order valence-corrected chi connectivity index (χ2v) is 5.17. The van der Waals surface area contributed by atoms with Crippen LogP contribution in [0.2, 0.25) is 0 Å². The van der Waals surface area contributed by atoms with Crippen LogP contribution in [-0.4, -0.2) is 43.0 Å². The van der Waals surface area contributed by atoms with Gasteiger partial charge in [0.1, 0.15) is 11.9 Å². The van der Waals surface area contributed by atoms with Crippen LogP contribution in [0.25, 0.3) is 0 Å². The number of carbonyl (C=O) groups is 1.